The van der Waals surface area contributed by atoms with Crippen molar-refractivity contribution in [2.75, 3.05) is 0 Å². The first-order chi connectivity index (χ1) is 14.8. The highest BCUT2D eigenvalue weighted by molar-refractivity contribution is 7.80. The number of pyridine rings is 3. The highest BCUT2D eigenvalue weighted by Crippen LogP contribution is 2.40. The lowest BCUT2D eigenvalue weighted by atomic mass is 10.0. The Morgan fingerprint density at radius 1 is 0.900 bits per heavy atom. The first kappa shape index (κ1) is 18.4. The largest absolute Gasteiger partial charge is 0.352 e. The molecule has 5 heterocycles. The van der Waals surface area contributed by atoms with Gasteiger partial charge in [-0.3, -0.25) is 15.0 Å². The maximum absolute atomic E-state index is 5.77. The molecule has 4 aromatic rings. The Morgan fingerprint density at radius 2 is 1.77 bits per heavy atom. The summed E-state index contributed by atoms with van der Waals surface area (Å²) in [6.07, 6.45) is 9.33. The van der Waals surface area contributed by atoms with Crippen LogP contribution in [0.3, 0.4) is 0 Å². The Balaban J connectivity index is 1.60. The van der Waals surface area contributed by atoms with Gasteiger partial charge in [0.2, 0.25) is 0 Å². The van der Waals surface area contributed by atoms with E-state index >= 15 is 0 Å². The average molecular weight is 413 g/mol. The van der Waals surface area contributed by atoms with Crippen LogP contribution < -0.4 is 5.32 Å². The van der Waals surface area contributed by atoms with Crippen LogP contribution in [0.15, 0.2) is 91.6 Å². The van der Waals surface area contributed by atoms with Crippen LogP contribution >= 0.6 is 12.2 Å². The van der Waals surface area contributed by atoms with Gasteiger partial charge in [-0.2, -0.15) is 0 Å². The molecule has 1 saturated heterocycles. The Hall–Kier alpha value is -3.58. The van der Waals surface area contributed by atoms with E-state index in [2.05, 4.69) is 54.1 Å². The van der Waals surface area contributed by atoms with E-state index in [9.17, 15) is 0 Å². The number of nitrogens with one attached hydrogen (secondary N) is 1. The summed E-state index contributed by atoms with van der Waals surface area (Å²) >= 11 is 5.77. The summed E-state index contributed by atoms with van der Waals surface area (Å²) in [5, 5.41) is 4.19. The predicted octanol–water partition coefficient (Wildman–Crippen LogP) is 3.84. The summed E-state index contributed by atoms with van der Waals surface area (Å²) in [5.41, 5.74) is 4.04. The Bertz CT molecular complexity index is 1130. The van der Waals surface area contributed by atoms with Gasteiger partial charge in [-0.1, -0.05) is 12.1 Å². The third kappa shape index (κ3) is 3.44. The van der Waals surface area contributed by atoms with Crippen molar-refractivity contribution in [2.24, 2.45) is 0 Å². The molecule has 30 heavy (non-hydrogen) atoms. The zero-order chi connectivity index (χ0) is 20.3. The standard InChI is InChI=1S/C23H20N6S/c30-23-27-21(19-9-2-4-13-26-19)22(29(23)16-17-7-1-3-12-25-17)20-10-6-14-28(20)18-8-5-11-24-15-18/h1-15,21-22H,16H2,(H,27,30)/t21-,22+/m1/s1. The molecule has 2 atom stereocenters. The summed E-state index contributed by atoms with van der Waals surface area (Å²) in [5.74, 6) is 0. The third-order valence-corrected chi connectivity index (χ3v) is 5.62. The molecule has 5 rings (SSSR count). The molecule has 6 nitrogen and oxygen atoms in total. The fraction of sp³-hybridized carbons (Fsp3) is 0.130. The zero-order valence-corrected chi connectivity index (χ0v) is 17.0. The maximum Gasteiger partial charge on any atom is 0.170 e. The van der Waals surface area contributed by atoms with Crippen LogP contribution in [-0.4, -0.2) is 29.5 Å². The van der Waals surface area contributed by atoms with E-state index in [1.54, 1.807) is 6.20 Å². The van der Waals surface area contributed by atoms with E-state index in [0.717, 1.165) is 22.8 Å². The third-order valence-electron chi connectivity index (χ3n) is 5.26. The second kappa shape index (κ2) is 8.04. The first-order valence-corrected chi connectivity index (χ1v) is 10.2. The van der Waals surface area contributed by atoms with E-state index in [-0.39, 0.29) is 12.1 Å². The lowest BCUT2D eigenvalue weighted by molar-refractivity contribution is 0.299. The van der Waals surface area contributed by atoms with Crippen LogP contribution in [0, 0.1) is 0 Å². The van der Waals surface area contributed by atoms with Gasteiger partial charge in [-0.25, -0.2) is 0 Å². The molecule has 4 aromatic heterocycles. The van der Waals surface area contributed by atoms with E-state index in [4.69, 9.17) is 12.2 Å². The number of thiocarbonyl (C=S) groups is 1. The van der Waals surface area contributed by atoms with Gasteiger partial charge in [0, 0.05) is 30.5 Å². The number of nitrogens with zero attached hydrogens (tertiary/aromatic N) is 5. The molecule has 0 bridgehead atoms. The van der Waals surface area contributed by atoms with Crippen LogP contribution in [0.5, 0.6) is 0 Å². The summed E-state index contributed by atoms with van der Waals surface area (Å²) in [4.78, 5) is 15.6. The van der Waals surface area contributed by atoms with Gasteiger partial charge in [0.25, 0.3) is 0 Å². The highest BCUT2D eigenvalue weighted by Gasteiger charge is 2.41. The first-order valence-electron chi connectivity index (χ1n) is 9.77. The molecule has 0 aromatic carbocycles. The molecule has 0 radical (unpaired) electrons. The molecular weight excluding hydrogens is 392 g/mol. The fourth-order valence-corrected chi connectivity index (χ4v) is 4.24. The van der Waals surface area contributed by atoms with Crippen LogP contribution in [0.1, 0.15) is 29.2 Å². The van der Waals surface area contributed by atoms with Crippen molar-refractivity contribution in [3.8, 4) is 5.69 Å². The lowest BCUT2D eigenvalue weighted by Crippen LogP contribution is -2.30. The number of aromatic nitrogens is 4. The molecule has 0 amide bonds. The van der Waals surface area contributed by atoms with Crippen molar-refractivity contribution in [1.82, 2.24) is 29.7 Å². The minimum absolute atomic E-state index is 0.0513. The van der Waals surface area contributed by atoms with Crippen LogP contribution in [-0.2, 0) is 6.54 Å². The number of rotatable bonds is 5. The van der Waals surface area contributed by atoms with Gasteiger partial charge in [-0.15, -0.1) is 0 Å². The fourth-order valence-electron chi connectivity index (χ4n) is 3.93. The molecule has 1 aliphatic rings. The quantitative estimate of drug-likeness (QED) is 0.503. The van der Waals surface area contributed by atoms with Gasteiger partial charge >= 0.3 is 0 Å². The van der Waals surface area contributed by atoms with Gasteiger partial charge in [0.15, 0.2) is 5.11 Å². The SMILES string of the molecule is S=C1N[C@H](c2ccccn2)[C@H](c2cccn2-c2cccnc2)N1Cc1ccccn1. The van der Waals surface area contributed by atoms with Crippen molar-refractivity contribution < 1.29 is 0 Å². The average Bonchev–Trinajstić information content (AvgIpc) is 3.40. The molecule has 0 aliphatic carbocycles. The predicted molar refractivity (Wildman–Crippen MR) is 119 cm³/mol. The maximum atomic E-state index is 5.77. The smallest absolute Gasteiger partial charge is 0.170 e. The van der Waals surface area contributed by atoms with Gasteiger partial charge < -0.3 is 14.8 Å². The van der Waals surface area contributed by atoms with Crippen molar-refractivity contribution in [1.29, 1.82) is 0 Å². The Morgan fingerprint density at radius 3 is 2.50 bits per heavy atom. The van der Waals surface area contributed by atoms with Crippen molar-refractivity contribution >= 4 is 17.3 Å². The van der Waals surface area contributed by atoms with Gasteiger partial charge in [-0.05, 0) is 60.7 Å². The second-order valence-corrected chi connectivity index (χ2v) is 7.48. The summed E-state index contributed by atoms with van der Waals surface area (Å²) in [6.45, 7) is 0.610. The minimum atomic E-state index is -0.0762. The van der Waals surface area contributed by atoms with E-state index in [1.165, 1.54) is 0 Å². The number of hydrogen-bond donors (Lipinski definition) is 1. The van der Waals surface area contributed by atoms with Gasteiger partial charge in [0.1, 0.15) is 0 Å². The van der Waals surface area contributed by atoms with E-state index in [0.29, 0.717) is 11.7 Å². The van der Waals surface area contributed by atoms with E-state index < -0.39 is 0 Å². The van der Waals surface area contributed by atoms with Crippen LogP contribution in [0.25, 0.3) is 5.69 Å². The molecule has 0 spiro atoms. The topological polar surface area (TPSA) is 58.9 Å². The molecule has 1 fully saturated rings. The number of hydrogen-bond acceptors (Lipinski definition) is 4. The molecule has 0 unspecified atom stereocenters. The second-order valence-electron chi connectivity index (χ2n) is 7.09. The Kier molecular flexibility index (Phi) is 4.94. The van der Waals surface area contributed by atoms with Crippen LogP contribution in [0.2, 0.25) is 0 Å². The van der Waals surface area contributed by atoms with Gasteiger partial charge in [0.05, 0.1) is 41.9 Å². The summed E-state index contributed by atoms with van der Waals surface area (Å²) in [6, 6.07) is 20.0. The minimum Gasteiger partial charge on any atom is -0.352 e. The molecule has 7 heteroatoms. The molecule has 0 saturated carbocycles. The summed E-state index contributed by atoms with van der Waals surface area (Å²) in [7, 11) is 0. The van der Waals surface area contributed by atoms with Crippen molar-refractivity contribution in [3.05, 3.63) is 109 Å². The Labute approximate surface area is 180 Å². The molecule has 148 valence electrons. The molecule has 1 aliphatic heterocycles. The molecular formula is C23H20N6S. The van der Waals surface area contributed by atoms with Crippen molar-refractivity contribution in [2.45, 2.75) is 18.6 Å². The van der Waals surface area contributed by atoms with E-state index in [1.807, 2.05) is 61.1 Å². The normalized spacial score (nSPS) is 18.4. The molecule has 1 N–H and O–H groups in total. The van der Waals surface area contributed by atoms with Crippen LogP contribution in [0.4, 0.5) is 0 Å². The monoisotopic (exact) mass is 412 g/mol. The zero-order valence-electron chi connectivity index (χ0n) is 16.2. The summed E-state index contributed by atoms with van der Waals surface area (Å²) < 4.78 is 2.16. The van der Waals surface area contributed by atoms with Crippen molar-refractivity contribution in [3.63, 3.8) is 0 Å². The highest BCUT2D eigenvalue weighted by atomic mass is 32.1. The lowest BCUT2D eigenvalue weighted by Gasteiger charge is -2.28.